The van der Waals surface area contributed by atoms with E-state index in [-0.39, 0.29) is 21.7 Å². The molecule has 0 aromatic heterocycles. The van der Waals surface area contributed by atoms with Crippen LogP contribution in [0.4, 0.5) is 0 Å². The number of hydrogen-bond donors (Lipinski definition) is 0. The van der Waals surface area contributed by atoms with Gasteiger partial charge < -0.3 is 0 Å². The van der Waals surface area contributed by atoms with Crippen LogP contribution in [0.25, 0.3) is 0 Å². The van der Waals surface area contributed by atoms with Gasteiger partial charge in [0.2, 0.25) is 0 Å². The molecule has 0 bridgehead atoms. The minimum atomic E-state index is 0. The average molecular weight is 162 g/mol. The van der Waals surface area contributed by atoms with E-state index in [1.165, 1.54) is 25.7 Å². The molecular weight excluding hydrogens is 144 g/mol. The molecule has 0 rings (SSSR count). The Morgan fingerprint density at radius 1 is 1.22 bits per heavy atom. The summed E-state index contributed by atoms with van der Waals surface area (Å²) in [7, 11) is 0. The summed E-state index contributed by atoms with van der Waals surface area (Å²) in [6.45, 7) is 6.85. The summed E-state index contributed by atoms with van der Waals surface area (Å²) in [4.78, 5) is 0. The molecule has 0 aliphatic heterocycles. The van der Waals surface area contributed by atoms with Crippen molar-refractivity contribution in [2.45, 2.75) is 46.5 Å². The van der Waals surface area contributed by atoms with Gasteiger partial charge in [0.25, 0.3) is 0 Å². The molecule has 1 atom stereocenters. The van der Waals surface area contributed by atoms with E-state index in [1.54, 1.807) is 0 Å². The predicted octanol–water partition coefficient (Wildman–Crippen LogP) is 3.22. The van der Waals surface area contributed by atoms with Crippen LogP contribution in [-0.4, -0.2) is 0 Å². The smallest absolute Gasteiger partial charge is 0 e. The molecule has 0 fully saturated rings. The average Bonchev–Trinajstić information content (AvgIpc) is 1.83. The summed E-state index contributed by atoms with van der Waals surface area (Å²) < 4.78 is 0. The second-order valence-corrected chi connectivity index (χ2v) is 2.66. The van der Waals surface area contributed by atoms with Crippen LogP contribution in [0, 0.1) is 5.92 Å². The minimum absolute atomic E-state index is 0. The Labute approximate surface area is 74.3 Å². The van der Waals surface area contributed by atoms with Gasteiger partial charge in [-0.3, -0.25) is 0 Å². The van der Waals surface area contributed by atoms with E-state index < -0.39 is 0 Å². The summed E-state index contributed by atoms with van der Waals surface area (Å²) in [5.41, 5.74) is 0. The molecule has 0 amide bonds. The molecular formula is C8H18Ti. The third-order valence-corrected chi connectivity index (χ3v) is 1.75. The molecule has 0 saturated heterocycles. The standard InChI is InChI=1S/C8H18.Ti/c1-4-6-7-8(3)5-2;/h8H,4-7H2,1-3H3;. The molecule has 54 valence electrons. The maximum absolute atomic E-state index is 2.33. The van der Waals surface area contributed by atoms with E-state index in [4.69, 9.17) is 0 Å². The Morgan fingerprint density at radius 3 is 2.11 bits per heavy atom. The van der Waals surface area contributed by atoms with Crippen LogP contribution >= 0.6 is 0 Å². The third kappa shape index (κ3) is 8.71. The Morgan fingerprint density at radius 2 is 1.78 bits per heavy atom. The molecule has 0 aliphatic rings. The van der Waals surface area contributed by atoms with Gasteiger partial charge in [-0.15, -0.1) is 0 Å². The normalized spacial score (nSPS) is 12.3. The quantitative estimate of drug-likeness (QED) is 0.556. The molecule has 0 nitrogen and oxygen atoms in total. The van der Waals surface area contributed by atoms with Crippen LogP contribution in [0.2, 0.25) is 0 Å². The maximum atomic E-state index is 2.33. The van der Waals surface area contributed by atoms with Crippen molar-refractivity contribution >= 4 is 0 Å². The van der Waals surface area contributed by atoms with Gasteiger partial charge in [-0.25, -0.2) is 0 Å². The monoisotopic (exact) mass is 162 g/mol. The van der Waals surface area contributed by atoms with Crippen LogP contribution in [0.15, 0.2) is 0 Å². The third-order valence-electron chi connectivity index (χ3n) is 1.75. The van der Waals surface area contributed by atoms with Gasteiger partial charge in [0.05, 0.1) is 0 Å². The first kappa shape index (κ1) is 12.4. The summed E-state index contributed by atoms with van der Waals surface area (Å²) in [6, 6.07) is 0. The van der Waals surface area contributed by atoms with Gasteiger partial charge in [-0.1, -0.05) is 46.5 Å². The first-order chi connectivity index (χ1) is 3.81. The topological polar surface area (TPSA) is 0 Å². The van der Waals surface area contributed by atoms with Gasteiger partial charge in [0, 0.05) is 21.7 Å². The van der Waals surface area contributed by atoms with Gasteiger partial charge >= 0.3 is 0 Å². The summed E-state index contributed by atoms with van der Waals surface area (Å²) in [5, 5.41) is 0. The molecule has 0 saturated carbocycles. The van der Waals surface area contributed by atoms with Crippen molar-refractivity contribution in [2.75, 3.05) is 0 Å². The molecule has 0 aromatic rings. The molecule has 0 aromatic carbocycles. The Bertz CT molecular complexity index is 43.8. The fourth-order valence-electron chi connectivity index (χ4n) is 0.757. The molecule has 0 aliphatic carbocycles. The van der Waals surface area contributed by atoms with E-state index >= 15 is 0 Å². The van der Waals surface area contributed by atoms with E-state index in [0.717, 1.165) is 5.92 Å². The van der Waals surface area contributed by atoms with E-state index in [1.807, 2.05) is 0 Å². The van der Waals surface area contributed by atoms with Gasteiger partial charge in [-0.05, 0) is 5.92 Å². The van der Waals surface area contributed by atoms with Crippen LogP contribution in [-0.2, 0) is 21.7 Å². The van der Waals surface area contributed by atoms with E-state index in [9.17, 15) is 0 Å². The molecule has 0 radical (unpaired) electrons. The van der Waals surface area contributed by atoms with Crippen LogP contribution in [0.5, 0.6) is 0 Å². The molecule has 1 unspecified atom stereocenters. The number of rotatable bonds is 4. The predicted molar refractivity (Wildman–Crippen MR) is 39.0 cm³/mol. The SMILES string of the molecule is CCCCC(C)CC.[Ti]. The molecule has 9 heavy (non-hydrogen) atoms. The van der Waals surface area contributed by atoms with E-state index in [2.05, 4.69) is 20.8 Å². The van der Waals surface area contributed by atoms with Crippen molar-refractivity contribution in [2.24, 2.45) is 5.92 Å². The minimum Gasteiger partial charge on any atom is -0.0654 e. The van der Waals surface area contributed by atoms with Crippen molar-refractivity contribution in [3.8, 4) is 0 Å². The molecule has 1 heteroatoms. The van der Waals surface area contributed by atoms with Gasteiger partial charge in [0.1, 0.15) is 0 Å². The summed E-state index contributed by atoms with van der Waals surface area (Å²) in [6.07, 6.45) is 5.53. The second-order valence-electron chi connectivity index (χ2n) is 2.66. The maximum Gasteiger partial charge on any atom is 0 e. The molecule has 0 spiro atoms. The van der Waals surface area contributed by atoms with E-state index in [0.29, 0.717) is 0 Å². The van der Waals surface area contributed by atoms with Gasteiger partial charge in [0.15, 0.2) is 0 Å². The van der Waals surface area contributed by atoms with Gasteiger partial charge in [-0.2, -0.15) is 0 Å². The van der Waals surface area contributed by atoms with Crippen LogP contribution in [0.1, 0.15) is 46.5 Å². The van der Waals surface area contributed by atoms with Crippen LogP contribution < -0.4 is 0 Å². The first-order valence-electron chi connectivity index (χ1n) is 3.81. The van der Waals surface area contributed by atoms with Crippen LogP contribution in [0.3, 0.4) is 0 Å². The zero-order valence-corrected chi connectivity index (χ0v) is 8.47. The van der Waals surface area contributed by atoms with Crippen molar-refractivity contribution < 1.29 is 21.7 Å². The van der Waals surface area contributed by atoms with Crippen molar-refractivity contribution in [3.05, 3.63) is 0 Å². The summed E-state index contributed by atoms with van der Waals surface area (Å²) in [5.74, 6) is 0.954. The zero-order chi connectivity index (χ0) is 6.41. The fraction of sp³-hybridized carbons (Fsp3) is 1.00. The Kier molecular flexibility index (Phi) is 12.0. The number of unbranched alkanes of at least 4 members (excludes halogenated alkanes) is 1. The zero-order valence-electron chi connectivity index (χ0n) is 6.91. The summed E-state index contributed by atoms with van der Waals surface area (Å²) >= 11 is 0. The second kappa shape index (κ2) is 8.71. The van der Waals surface area contributed by atoms with Crippen molar-refractivity contribution in [1.82, 2.24) is 0 Å². The first-order valence-corrected chi connectivity index (χ1v) is 3.81. The van der Waals surface area contributed by atoms with Crippen molar-refractivity contribution in [1.29, 1.82) is 0 Å². The number of hydrogen-bond acceptors (Lipinski definition) is 0. The van der Waals surface area contributed by atoms with Crippen molar-refractivity contribution in [3.63, 3.8) is 0 Å². The largest absolute Gasteiger partial charge is 0.0654 e. The Hall–Kier alpha value is 0.714. The molecule has 0 heterocycles. The molecule has 0 N–H and O–H groups in total. The Balaban J connectivity index is 0. The fourth-order valence-corrected chi connectivity index (χ4v) is 0.757.